The van der Waals surface area contributed by atoms with Crippen LogP contribution in [0.25, 0.3) is 5.57 Å². The summed E-state index contributed by atoms with van der Waals surface area (Å²) in [4.78, 5) is 36.9. The highest BCUT2D eigenvalue weighted by atomic mass is 35.5. The van der Waals surface area contributed by atoms with Gasteiger partial charge in [-0.3, -0.25) is 9.59 Å². The van der Waals surface area contributed by atoms with Gasteiger partial charge in [0.05, 0.1) is 13.2 Å². The molecule has 0 aromatic heterocycles. The molecule has 6 heteroatoms. The zero-order valence-electron chi connectivity index (χ0n) is 18.7. The van der Waals surface area contributed by atoms with E-state index in [9.17, 15) is 14.4 Å². The smallest absolute Gasteiger partial charge is 0.160 e. The lowest BCUT2D eigenvalue weighted by Crippen LogP contribution is -2.29. The molecule has 0 bridgehead atoms. The van der Waals surface area contributed by atoms with Crippen LogP contribution in [0.3, 0.4) is 0 Å². The molecule has 164 valence electrons. The number of aldehydes is 2. The summed E-state index contributed by atoms with van der Waals surface area (Å²) in [5.74, 6) is 0.201. The second kappa shape index (κ2) is 11.7. The van der Waals surface area contributed by atoms with Gasteiger partial charge in [-0.1, -0.05) is 38.8 Å². The van der Waals surface area contributed by atoms with Crippen molar-refractivity contribution in [2.75, 3.05) is 14.2 Å². The third kappa shape index (κ3) is 7.79. The number of carbonyl (C=O) groups excluding carboxylic acids is 3. The van der Waals surface area contributed by atoms with Crippen molar-refractivity contribution < 1.29 is 19.1 Å². The minimum absolute atomic E-state index is 0.157. The summed E-state index contributed by atoms with van der Waals surface area (Å²) in [6.45, 7) is 7.96. The summed E-state index contributed by atoms with van der Waals surface area (Å²) >= 11 is 6.14. The number of halogens is 1. The van der Waals surface area contributed by atoms with Crippen LogP contribution in [0.2, 0.25) is 5.02 Å². The number of allylic oxidation sites excluding steroid dienone is 2. The van der Waals surface area contributed by atoms with Crippen molar-refractivity contribution in [3.63, 3.8) is 0 Å². The van der Waals surface area contributed by atoms with Crippen LogP contribution in [-0.4, -0.2) is 43.5 Å². The fourth-order valence-electron chi connectivity index (χ4n) is 3.14. The molecule has 1 aromatic rings. The molecule has 1 aromatic carbocycles. The fourth-order valence-corrected chi connectivity index (χ4v) is 3.31. The molecule has 1 atom stereocenters. The van der Waals surface area contributed by atoms with E-state index in [2.05, 4.69) is 20.8 Å². The summed E-state index contributed by atoms with van der Waals surface area (Å²) in [5, 5.41) is 0.434. The zero-order valence-corrected chi connectivity index (χ0v) is 19.5. The number of Topliss-reactive ketones (excluding diaryl/α,β-unsaturated/α-hetero) is 1. The summed E-state index contributed by atoms with van der Waals surface area (Å²) in [5.41, 5.74) is 1.55. The first-order valence-corrected chi connectivity index (χ1v) is 10.3. The number of likely N-dealkylation sites (N-methyl/N-ethyl adjacent to an activating group) is 1. The van der Waals surface area contributed by atoms with Crippen LogP contribution in [-0.2, 0) is 14.3 Å². The number of rotatable bonds is 11. The number of ketones is 1. The summed E-state index contributed by atoms with van der Waals surface area (Å²) in [7, 11) is 3.27. The van der Waals surface area contributed by atoms with Crippen LogP contribution in [0, 0.1) is 5.41 Å². The Hall–Kier alpha value is -2.40. The van der Waals surface area contributed by atoms with Crippen molar-refractivity contribution in [3.8, 4) is 0 Å². The van der Waals surface area contributed by atoms with E-state index in [-0.39, 0.29) is 17.2 Å². The quantitative estimate of drug-likeness (QED) is 0.155. The first-order valence-electron chi connectivity index (χ1n) is 9.93. The van der Waals surface area contributed by atoms with Crippen molar-refractivity contribution in [3.05, 3.63) is 52.4 Å². The minimum atomic E-state index is -0.332. The predicted octanol–water partition coefficient (Wildman–Crippen LogP) is 5.33. The second-order valence-corrected chi connectivity index (χ2v) is 8.92. The molecular formula is C24H32ClNO4. The van der Waals surface area contributed by atoms with Gasteiger partial charge < -0.3 is 14.4 Å². The largest absolute Gasteiger partial charge is 0.495 e. The maximum atomic E-state index is 12.1. The molecule has 5 nitrogen and oxygen atoms in total. The molecule has 0 aliphatic carbocycles. The van der Waals surface area contributed by atoms with Crippen LogP contribution >= 0.6 is 11.6 Å². The van der Waals surface area contributed by atoms with Crippen molar-refractivity contribution >= 4 is 35.5 Å². The van der Waals surface area contributed by atoms with Crippen LogP contribution < -0.4 is 0 Å². The molecule has 0 spiro atoms. The van der Waals surface area contributed by atoms with Gasteiger partial charge in [0, 0.05) is 29.4 Å². The van der Waals surface area contributed by atoms with E-state index in [4.69, 9.17) is 16.3 Å². The lowest BCUT2D eigenvalue weighted by molar-refractivity contribution is -0.111. The maximum Gasteiger partial charge on any atom is 0.160 e. The van der Waals surface area contributed by atoms with E-state index in [1.807, 2.05) is 0 Å². The molecule has 0 N–H and O–H groups in total. The molecule has 0 fully saturated rings. The van der Waals surface area contributed by atoms with Crippen LogP contribution in [0.1, 0.15) is 62.9 Å². The Bertz CT molecular complexity index is 821. The van der Waals surface area contributed by atoms with Crippen LogP contribution in [0.15, 0.2) is 36.2 Å². The standard InChI is InChI=1S/C24H32ClNO4/c1-17(29)20-10-9-18(25)14-22(20)21(11-13-27)23(30-6)15-26(5)19(16-28)8-7-12-24(2,3)4/h9-11,13-16,19H,7-8,12H2,1-6H3/b21-11-,23-15+. The lowest BCUT2D eigenvalue weighted by Gasteiger charge is -2.25. The molecule has 0 saturated carbocycles. The monoisotopic (exact) mass is 433 g/mol. The SMILES string of the molecule is COC(=C/N(C)C(C=O)CCCC(C)(C)C)/C(=C\C=O)c1cc(Cl)ccc1C(C)=O. The average Bonchev–Trinajstić information content (AvgIpc) is 2.66. The van der Waals surface area contributed by atoms with Gasteiger partial charge in [-0.15, -0.1) is 0 Å². The van der Waals surface area contributed by atoms with Gasteiger partial charge in [0.1, 0.15) is 18.3 Å². The first kappa shape index (κ1) is 25.6. The van der Waals surface area contributed by atoms with E-state index in [1.165, 1.54) is 20.1 Å². The van der Waals surface area contributed by atoms with Gasteiger partial charge in [0.25, 0.3) is 0 Å². The number of ether oxygens (including phenoxy) is 1. The average molecular weight is 434 g/mol. The molecule has 0 aliphatic heterocycles. The minimum Gasteiger partial charge on any atom is -0.495 e. The van der Waals surface area contributed by atoms with E-state index in [1.54, 1.807) is 36.3 Å². The van der Waals surface area contributed by atoms with Crippen molar-refractivity contribution in [2.45, 2.75) is 53.0 Å². The van der Waals surface area contributed by atoms with Crippen LogP contribution in [0.4, 0.5) is 0 Å². The van der Waals surface area contributed by atoms with Crippen LogP contribution in [0.5, 0.6) is 0 Å². The van der Waals surface area contributed by atoms with E-state index in [0.717, 1.165) is 19.1 Å². The number of methoxy groups -OCH3 is 1. The number of hydrogen-bond donors (Lipinski definition) is 0. The second-order valence-electron chi connectivity index (χ2n) is 8.48. The maximum absolute atomic E-state index is 12.1. The number of hydrogen-bond acceptors (Lipinski definition) is 5. The van der Waals surface area contributed by atoms with Gasteiger partial charge in [-0.2, -0.15) is 0 Å². The molecule has 0 radical (unpaired) electrons. The highest BCUT2D eigenvalue weighted by molar-refractivity contribution is 6.31. The Balaban J connectivity index is 3.28. The summed E-state index contributed by atoms with van der Waals surface area (Å²) in [6.07, 6.45) is 7.17. The van der Waals surface area contributed by atoms with E-state index < -0.39 is 0 Å². The van der Waals surface area contributed by atoms with E-state index >= 15 is 0 Å². The van der Waals surface area contributed by atoms with Gasteiger partial charge in [-0.05, 0) is 55.0 Å². The fraction of sp³-hybridized carbons (Fsp3) is 0.458. The highest BCUT2D eigenvalue weighted by Crippen LogP contribution is 2.30. The van der Waals surface area contributed by atoms with Crippen molar-refractivity contribution in [1.82, 2.24) is 4.90 Å². The Labute approximate surface area is 184 Å². The lowest BCUT2D eigenvalue weighted by atomic mass is 9.89. The Morgan fingerprint density at radius 3 is 2.40 bits per heavy atom. The molecule has 0 aliphatic rings. The van der Waals surface area contributed by atoms with Gasteiger partial charge in [0.15, 0.2) is 5.78 Å². The molecule has 0 heterocycles. The predicted molar refractivity (Wildman–Crippen MR) is 122 cm³/mol. The summed E-state index contributed by atoms with van der Waals surface area (Å²) in [6, 6.07) is 4.54. The number of benzene rings is 1. The highest BCUT2D eigenvalue weighted by Gasteiger charge is 2.19. The van der Waals surface area contributed by atoms with Crippen molar-refractivity contribution in [1.29, 1.82) is 0 Å². The van der Waals surface area contributed by atoms with E-state index in [0.29, 0.717) is 40.2 Å². The third-order valence-electron chi connectivity index (χ3n) is 4.80. The topological polar surface area (TPSA) is 63.7 Å². The number of nitrogens with zero attached hydrogens (tertiary/aromatic N) is 1. The van der Waals surface area contributed by atoms with Gasteiger partial charge >= 0.3 is 0 Å². The molecule has 30 heavy (non-hydrogen) atoms. The summed E-state index contributed by atoms with van der Waals surface area (Å²) < 4.78 is 5.54. The van der Waals surface area contributed by atoms with Gasteiger partial charge in [-0.25, -0.2) is 0 Å². The Kier molecular flexibility index (Phi) is 10.00. The third-order valence-corrected chi connectivity index (χ3v) is 5.03. The van der Waals surface area contributed by atoms with Crippen molar-refractivity contribution in [2.24, 2.45) is 5.41 Å². The number of carbonyl (C=O) groups is 3. The molecular weight excluding hydrogens is 402 g/mol. The molecule has 1 rings (SSSR count). The Morgan fingerprint density at radius 1 is 1.23 bits per heavy atom. The Morgan fingerprint density at radius 2 is 1.90 bits per heavy atom. The molecule has 1 unspecified atom stereocenters. The first-order chi connectivity index (χ1) is 14.0. The van der Waals surface area contributed by atoms with Gasteiger partial charge in [0.2, 0.25) is 0 Å². The molecule has 0 amide bonds. The molecule has 0 saturated heterocycles. The zero-order chi connectivity index (χ0) is 22.9. The normalized spacial score (nSPS) is 13.6.